The molecule has 2 aromatic carbocycles. The van der Waals surface area contributed by atoms with Gasteiger partial charge in [0, 0.05) is 23.4 Å². The molecular formula is C16H16N2O2. The summed E-state index contributed by atoms with van der Waals surface area (Å²) in [5.74, 6) is -0.193. The van der Waals surface area contributed by atoms with Crippen molar-refractivity contribution in [1.29, 1.82) is 0 Å². The fourth-order valence-electron chi connectivity index (χ4n) is 1.68. The average Bonchev–Trinajstić information content (AvgIpc) is 2.50. The van der Waals surface area contributed by atoms with Crippen molar-refractivity contribution in [3.8, 4) is 0 Å². The van der Waals surface area contributed by atoms with Gasteiger partial charge in [0.05, 0.1) is 0 Å². The lowest BCUT2D eigenvalue weighted by Gasteiger charge is -2.07. The van der Waals surface area contributed by atoms with Gasteiger partial charge in [-0.1, -0.05) is 25.1 Å². The molecule has 0 aliphatic rings. The van der Waals surface area contributed by atoms with Crippen molar-refractivity contribution < 1.29 is 9.59 Å². The van der Waals surface area contributed by atoms with Crippen LogP contribution in [0.25, 0.3) is 0 Å². The number of nitrogens with one attached hydrogen (secondary N) is 2. The maximum Gasteiger partial charge on any atom is 0.255 e. The van der Waals surface area contributed by atoms with E-state index in [1.54, 1.807) is 43.3 Å². The van der Waals surface area contributed by atoms with Crippen molar-refractivity contribution in [2.75, 3.05) is 10.6 Å². The van der Waals surface area contributed by atoms with E-state index in [1.807, 2.05) is 18.2 Å². The molecule has 0 aliphatic carbocycles. The fourth-order valence-corrected chi connectivity index (χ4v) is 1.68. The zero-order chi connectivity index (χ0) is 14.4. The Morgan fingerprint density at radius 1 is 0.850 bits per heavy atom. The highest BCUT2D eigenvalue weighted by molar-refractivity contribution is 6.04. The summed E-state index contributed by atoms with van der Waals surface area (Å²) in [4.78, 5) is 23.2. The minimum absolute atomic E-state index is 0.0360. The van der Waals surface area contributed by atoms with E-state index >= 15 is 0 Å². The maximum atomic E-state index is 11.9. The van der Waals surface area contributed by atoms with Gasteiger partial charge in [0.1, 0.15) is 0 Å². The highest BCUT2D eigenvalue weighted by atomic mass is 16.2. The third-order valence-electron chi connectivity index (χ3n) is 2.78. The van der Waals surface area contributed by atoms with E-state index in [1.165, 1.54) is 0 Å². The monoisotopic (exact) mass is 268 g/mol. The molecule has 2 N–H and O–H groups in total. The lowest BCUT2D eigenvalue weighted by Crippen LogP contribution is -2.12. The van der Waals surface area contributed by atoms with Gasteiger partial charge in [-0.3, -0.25) is 9.59 Å². The van der Waals surface area contributed by atoms with Gasteiger partial charge in [-0.2, -0.15) is 0 Å². The molecule has 0 aromatic heterocycles. The van der Waals surface area contributed by atoms with Gasteiger partial charge in [-0.15, -0.1) is 0 Å². The first kappa shape index (κ1) is 13.8. The second kappa shape index (κ2) is 6.52. The summed E-state index contributed by atoms with van der Waals surface area (Å²) in [5.41, 5.74) is 2.01. The third-order valence-corrected chi connectivity index (χ3v) is 2.78. The molecule has 0 saturated carbocycles. The number of anilines is 2. The Morgan fingerprint density at radius 3 is 1.95 bits per heavy atom. The summed E-state index contributed by atoms with van der Waals surface area (Å²) in [6.45, 7) is 1.80. The number of rotatable bonds is 4. The van der Waals surface area contributed by atoms with Crippen molar-refractivity contribution in [3.05, 3.63) is 60.2 Å². The summed E-state index contributed by atoms with van der Waals surface area (Å²) in [6, 6.07) is 16.0. The van der Waals surface area contributed by atoms with Crippen LogP contribution in [-0.2, 0) is 4.79 Å². The van der Waals surface area contributed by atoms with E-state index in [0.717, 1.165) is 5.69 Å². The molecule has 0 unspecified atom stereocenters. The van der Waals surface area contributed by atoms with Gasteiger partial charge < -0.3 is 10.6 Å². The number of carbonyl (C=O) groups excluding carboxylic acids is 2. The van der Waals surface area contributed by atoms with Crippen LogP contribution in [0, 0.1) is 0 Å². The summed E-state index contributed by atoms with van der Waals surface area (Å²) >= 11 is 0. The van der Waals surface area contributed by atoms with E-state index < -0.39 is 0 Å². The van der Waals surface area contributed by atoms with Gasteiger partial charge in [-0.25, -0.2) is 0 Å². The quantitative estimate of drug-likeness (QED) is 0.894. The number of hydrogen-bond donors (Lipinski definition) is 2. The predicted molar refractivity (Wildman–Crippen MR) is 79.8 cm³/mol. The summed E-state index contributed by atoms with van der Waals surface area (Å²) in [6.07, 6.45) is 0.437. The molecule has 0 spiro atoms. The van der Waals surface area contributed by atoms with Crippen molar-refractivity contribution in [1.82, 2.24) is 0 Å². The minimum atomic E-state index is -0.157. The lowest BCUT2D eigenvalue weighted by molar-refractivity contribution is -0.115. The molecule has 0 atom stereocenters. The van der Waals surface area contributed by atoms with Crippen LogP contribution in [0.2, 0.25) is 0 Å². The van der Waals surface area contributed by atoms with Gasteiger partial charge in [0.25, 0.3) is 5.91 Å². The Bertz CT molecular complexity index is 592. The minimum Gasteiger partial charge on any atom is -0.326 e. The van der Waals surface area contributed by atoms with Crippen LogP contribution in [0.3, 0.4) is 0 Å². The standard InChI is InChI=1S/C16H16N2O2/c1-2-15(19)17-13-8-10-14(11-9-13)18-16(20)12-6-4-3-5-7-12/h3-11H,2H2,1H3,(H,17,19)(H,18,20). The van der Waals surface area contributed by atoms with Crippen LogP contribution >= 0.6 is 0 Å². The van der Waals surface area contributed by atoms with Crippen LogP contribution < -0.4 is 10.6 Å². The van der Waals surface area contributed by atoms with Crippen LogP contribution in [-0.4, -0.2) is 11.8 Å². The van der Waals surface area contributed by atoms with Crippen LogP contribution in [0.1, 0.15) is 23.7 Å². The average molecular weight is 268 g/mol. The second-order valence-corrected chi connectivity index (χ2v) is 4.30. The van der Waals surface area contributed by atoms with Gasteiger partial charge in [0.2, 0.25) is 5.91 Å². The van der Waals surface area contributed by atoms with Gasteiger partial charge in [0.15, 0.2) is 0 Å². The SMILES string of the molecule is CCC(=O)Nc1ccc(NC(=O)c2ccccc2)cc1. The summed E-state index contributed by atoms with van der Waals surface area (Å²) < 4.78 is 0. The molecule has 4 nitrogen and oxygen atoms in total. The van der Waals surface area contributed by atoms with E-state index in [9.17, 15) is 9.59 Å². The lowest BCUT2D eigenvalue weighted by atomic mass is 10.2. The topological polar surface area (TPSA) is 58.2 Å². The Kier molecular flexibility index (Phi) is 4.50. The molecule has 2 amide bonds. The van der Waals surface area contributed by atoms with Gasteiger partial charge >= 0.3 is 0 Å². The number of benzene rings is 2. The summed E-state index contributed by atoms with van der Waals surface area (Å²) in [5, 5.41) is 5.55. The van der Waals surface area contributed by atoms with Crippen LogP contribution in [0.5, 0.6) is 0 Å². The van der Waals surface area contributed by atoms with Crippen molar-refractivity contribution in [2.24, 2.45) is 0 Å². The molecule has 0 bridgehead atoms. The first-order valence-corrected chi connectivity index (χ1v) is 6.45. The molecule has 102 valence electrons. The molecule has 0 radical (unpaired) electrons. The molecule has 20 heavy (non-hydrogen) atoms. The van der Waals surface area contributed by atoms with Crippen molar-refractivity contribution in [3.63, 3.8) is 0 Å². The second-order valence-electron chi connectivity index (χ2n) is 4.30. The molecule has 4 heteroatoms. The first-order chi connectivity index (χ1) is 9.69. The maximum absolute atomic E-state index is 11.9. The largest absolute Gasteiger partial charge is 0.326 e. The zero-order valence-electron chi connectivity index (χ0n) is 11.2. The fraction of sp³-hybridized carbons (Fsp3) is 0.125. The molecule has 0 heterocycles. The highest BCUT2D eigenvalue weighted by Crippen LogP contribution is 2.14. The number of amides is 2. The Hall–Kier alpha value is -2.62. The molecular weight excluding hydrogens is 252 g/mol. The van der Waals surface area contributed by atoms with Crippen LogP contribution in [0.4, 0.5) is 11.4 Å². The Morgan fingerprint density at radius 2 is 1.40 bits per heavy atom. The first-order valence-electron chi connectivity index (χ1n) is 6.45. The predicted octanol–water partition coefficient (Wildman–Crippen LogP) is 3.29. The van der Waals surface area contributed by atoms with Crippen molar-refractivity contribution >= 4 is 23.2 Å². The van der Waals surface area contributed by atoms with E-state index in [-0.39, 0.29) is 11.8 Å². The van der Waals surface area contributed by atoms with Crippen LogP contribution in [0.15, 0.2) is 54.6 Å². The molecule has 2 aromatic rings. The zero-order valence-corrected chi connectivity index (χ0v) is 11.2. The highest BCUT2D eigenvalue weighted by Gasteiger charge is 2.05. The van der Waals surface area contributed by atoms with E-state index in [0.29, 0.717) is 17.7 Å². The number of carbonyl (C=O) groups is 2. The normalized spacial score (nSPS) is 9.85. The Balaban J connectivity index is 2.00. The van der Waals surface area contributed by atoms with E-state index in [4.69, 9.17) is 0 Å². The smallest absolute Gasteiger partial charge is 0.255 e. The number of hydrogen-bond acceptors (Lipinski definition) is 2. The van der Waals surface area contributed by atoms with Crippen molar-refractivity contribution in [2.45, 2.75) is 13.3 Å². The molecule has 2 rings (SSSR count). The molecule has 0 saturated heterocycles. The third kappa shape index (κ3) is 3.68. The molecule has 0 fully saturated rings. The van der Waals surface area contributed by atoms with E-state index in [2.05, 4.69) is 10.6 Å². The molecule has 0 aliphatic heterocycles. The summed E-state index contributed by atoms with van der Waals surface area (Å²) in [7, 11) is 0. The Labute approximate surface area is 117 Å². The van der Waals surface area contributed by atoms with Gasteiger partial charge in [-0.05, 0) is 36.4 Å².